The Balaban J connectivity index is 1.57. The van der Waals surface area contributed by atoms with Crippen LogP contribution in [0.4, 0.5) is 0 Å². The molecular weight excluding hydrogens is 294 g/mol. The molecule has 2 rings (SSSR count). The van der Waals surface area contributed by atoms with Crippen LogP contribution in [0.5, 0.6) is 0 Å². The highest BCUT2D eigenvalue weighted by Gasteiger charge is 2.21. The molecule has 133 valence electrons. The predicted octanol–water partition coefficient (Wildman–Crippen LogP) is 5.31. The van der Waals surface area contributed by atoms with E-state index in [1.54, 1.807) is 0 Å². The second kappa shape index (κ2) is 12.2. The summed E-state index contributed by atoms with van der Waals surface area (Å²) in [5.41, 5.74) is 1.48. The fraction of sp³-hybridized carbons (Fsp3) is 0.682. The average Bonchev–Trinajstić information content (AvgIpc) is 2.63. The third kappa shape index (κ3) is 7.61. The van der Waals surface area contributed by atoms with Crippen molar-refractivity contribution in [2.75, 3.05) is 13.1 Å². The monoisotopic (exact) mass is 328 g/mol. The fourth-order valence-electron chi connectivity index (χ4n) is 3.90. The number of likely N-dealkylation sites (tertiary alicyclic amines) is 1. The van der Waals surface area contributed by atoms with Gasteiger partial charge in [-0.3, -0.25) is 4.79 Å². The Morgan fingerprint density at radius 3 is 2.62 bits per heavy atom. The Morgan fingerprint density at radius 1 is 0.958 bits per heavy atom. The van der Waals surface area contributed by atoms with E-state index in [1.165, 1.54) is 82.9 Å². The van der Waals surface area contributed by atoms with Crippen molar-refractivity contribution < 1.29 is 4.79 Å². The zero-order valence-corrected chi connectivity index (χ0v) is 15.2. The molecule has 0 aliphatic carbocycles. The third-order valence-electron chi connectivity index (χ3n) is 5.32. The van der Waals surface area contributed by atoms with Crippen LogP contribution in [0.2, 0.25) is 0 Å². The molecule has 0 N–H and O–H groups in total. The van der Waals surface area contributed by atoms with E-state index in [-0.39, 0.29) is 0 Å². The van der Waals surface area contributed by atoms with Gasteiger partial charge in [-0.1, -0.05) is 56.0 Å². The van der Waals surface area contributed by atoms with Gasteiger partial charge in [0.2, 0.25) is 0 Å². The van der Waals surface area contributed by atoms with Crippen molar-refractivity contribution in [1.29, 1.82) is 0 Å². The van der Waals surface area contributed by atoms with Crippen molar-refractivity contribution in [1.82, 2.24) is 4.90 Å². The van der Waals surface area contributed by atoms with Crippen molar-refractivity contribution >= 4 is 6.29 Å². The van der Waals surface area contributed by atoms with Crippen molar-refractivity contribution in [3.63, 3.8) is 0 Å². The minimum Gasteiger partial charge on any atom is -0.300 e. The molecule has 1 radical (unpaired) electrons. The number of carbonyl (C=O) groups excluding carboxylic acids is 1. The molecule has 0 bridgehead atoms. The first kappa shape index (κ1) is 19.2. The topological polar surface area (TPSA) is 20.3 Å². The van der Waals surface area contributed by atoms with Crippen LogP contribution in [-0.2, 0) is 11.2 Å². The Hall–Kier alpha value is -1.15. The van der Waals surface area contributed by atoms with E-state index in [0.29, 0.717) is 6.42 Å². The van der Waals surface area contributed by atoms with Gasteiger partial charge in [0.05, 0.1) is 0 Å². The van der Waals surface area contributed by atoms with Crippen LogP contribution in [0.25, 0.3) is 0 Å². The average molecular weight is 329 g/mol. The maximum Gasteiger partial charge on any atom is 0.198 e. The molecular formula is C22H34NO. The summed E-state index contributed by atoms with van der Waals surface area (Å²) >= 11 is 0. The van der Waals surface area contributed by atoms with Crippen LogP contribution in [0, 0.1) is 0 Å². The summed E-state index contributed by atoms with van der Waals surface area (Å²) in [6.07, 6.45) is 16.9. The van der Waals surface area contributed by atoms with Crippen LogP contribution in [-0.4, -0.2) is 30.3 Å². The van der Waals surface area contributed by atoms with Crippen LogP contribution < -0.4 is 0 Å². The number of piperidine rings is 1. The second-order valence-electron chi connectivity index (χ2n) is 7.23. The molecule has 1 saturated heterocycles. The number of nitrogens with zero attached hydrogens (tertiary/aromatic N) is 1. The van der Waals surface area contributed by atoms with Gasteiger partial charge in [-0.2, -0.15) is 0 Å². The molecule has 0 saturated carbocycles. The molecule has 1 aromatic carbocycles. The number of benzene rings is 1. The molecule has 24 heavy (non-hydrogen) atoms. The van der Waals surface area contributed by atoms with E-state index in [9.17, 15) is 4.79 Å². The van der Waals surface area contributed by atoms with Crippen LogP contribution in [0.3, 0.4) is 0 Å². The van der Waals surface area contributed by atoms with E-state index < -0.39 is 0 Å². The molecule has 1 aromatic rings. The molecule has 1 heterocycles. The SMILES string of the molecule is O=[C]CCCCCN1CCCCC1CCCCCc1ccccc1. The quantitative estimate of drug-likeness (QED) is 0.484. The Labute approximate surface area is 148 Å². The van der Waals surface area contributed by atoms with Gasteiger partial charge >= 0.3 is 0 Å². The second-order valence-corrected chi connectivity index (χ2v) is 7.23. The first-order valence-electron chi connectivity index (χ1n) is 10.0. The summed E-state index contributed by atoms with van der Waals surface area (Å²) in [6, 6.07) is 11.7. The highest BCUT2D eigenvalue weighted by atomic mass is 16.1. The van der Waals surface area contributed by atoms with E-state index >= 15 is 0 Å². The van der Waals surface area contributed by atoms with E-state index in [2.05, 4.69) is 35.2 Å². The minimum absolute atomic E-state index is 0.616. The number of aryl methyl sites for hydroxylation is 1. The summed E-state index contributed by atoms with van der Waals surface area (Å²) in [5.74, 6) is 0. The van der Waals surface area contributed by atoms with Crippen LogP contribution in [0.15, 0.2) is 30.3 Å². The summed E-state index contributed by atoms with van der Waals surface area (Å²) in [7, 11) is 0. The minimum atomic E-state index is 0.616. The summed E-state index contributed by atoms with van der Waals surface area (Å²) in [5, 5.41) is 0. The molecule has 0 amide bonds. The van der Waals surface area contributed by atoms with Crippen molar-refractivity contribution in [2.45, 2.75) is 83.1 Å². The fourth-order valence-corrected chi connectivity index (χ4v) is 3.90. The molecule has 1 unspecified atom stereocenters. The van der Waals surface area contributed by atoms with Crippen molar-refractivity contribution in [3.05, 3.63) is 35.9 Å². The predicted molar refractivity (Wildman–Crippen MR) is 102 cm³/mol. The number of unbranched alkanes of at least 4 members (excludes halogenated alkanes) is 5. The zero-order chi connectivity index (χ0) is 16.9. The van der Waals surface area contributed by atoms with Gasteiger partial charge < -0.3 is 4.90 Å². The number of rotatable bonds is 12. The Bertz CT molecular complexity index is 431. The lowest BCUT2D eigenvalue weighted by atomic mass is 9.95. The van der Waals surface area contributed by atoms with Crippen molar-refractivity contribution in [2.24, 2.45) is 0 Å². The van der Waals surface area contributed by atoms with Gasteiger partial charge in [-0.15, -0.1) is 0 Å². The van der Waals surface area contributed by atoms with Gasteiger partial charge in [-0.05, 0) is 63.6 Å². The maximum atomic E-state index is 10.2. The van der Waals surface area contributed by atoms with Crippen molar-refractivity contribution in [3.8, 4) is 0 Å². The number of hydrogen-bond donors (Lipinski definition) is 0. The lowest BCUT2D eigenvalue weighted by Crippen LogP contribution is -2.40. The standard InChI is InChI=1S/C22H34NO/c24-20-12-2-1-10-18-23-19-11-9-17-22(23)16-8-4-7-15-21-13-5-3-6-14-21/h3,5-6,13-14,22H,1-2,4,7-12,15-19H2. The molecule has 1 aliphatic heterocycles. The van der Waals surface area contributed by atoms with Gasteiger partial charge in [0, 0.05) is 12.5 Å². The molecule has 2 heteroatoms. The highest BCUT2D eigenvalue weighted by Crippen LogP contribution is 2.22. The maximum absolute atomic E-state index is 10.2. The molecule has 1 aliphatic rings. The lowest BCUT2D eigenvalue weighted by Gasteiger charge is -2.36. The largest absolute Gasteiger partial charge is 0.300 e. The normalized spacial score (nSPS) is 18.6. The van der Waals surface area contributed by atoms with Gasteiger partial charge in [0.25, 0.3) is 0 Å². The smallest absolute Gasteiger partial charge is 0.198 e. The Kier molecular flexibility index (Phi) is 9.79. The number of hydrogen-bond acceptors (Lipinski definition) is 2. The molecule has 1 fully saturated rings. The summed E-state index contributed by atoms with van der Waals surface area (Å²) in [4.78, 5) is 13.0. The molecule has 0 aromatic heterocycles. The highest BCUT2D eigenvalue weighted by molar-refractivity contribution is 5.50. The van der Waals surface area contributed by atoms with E-state index in [1.807, 2.05) is 6.29 Å². The first-order chi connectivity index (χ1) is 11.9. The van der Waals surface area contributed by atoms with Gasteiger partial charge in [-0.25, -0.2) is 0 Å². The zero-order valence-electron chi connectivity index (χ0n) is 15.2. The Morgan fingerprint density at radius 2 is 1.79 bits per heavy atom. The van der Waals surface area contributed by atoms with E-state index in [0.717, 1.165) is 12.5 Å². The summed E-state index contributed by atoms with van der Waals surface area (Å²) < 4.78 is 0. The molecule has 1 atom stereocenters. The van der Waals surface area contributed by atoms with Crippen LogP contribution in [0.1, 0.15) is 76.2 Å². The summed E-state index contributed by atoms with van der Waals surface area (Å²) in [6.45, 7) is 2.52. The van der Waals surface area contributed by atoms with E-state index in [4.69, 9.17) is 0 Å². The lowest BCUT2D eigenvalue weighted by molar-refractivity contribution is 0.135. The third-order valence-corrected chi connectivity index (χ3v) is 5.32. The molecule has 0 spiro atoms. The molecule has 2 nitrogen and oxygen atoms in total. The first-order valence-corrected chi connectivity index (χ1v) is 10.0. The van der Waals surface area contributed by atoms with Gasteiger partial charge in [0.1, 0.15) is 0 Å². The van der Waals surface area contributed by atoms with Crippen LogP contribution >= 0.6 is 0 Å². The van der Waals surface area contributed by atoms with Gasteiger partial charge in [0.15, 0.2) is 6.29 Å².